The van der Waals surface area contributed by atoms with Gasteiger partial charge >= 0.3 is 0 Å². The second-order valence-electron chi connectivity index (χ2n) is 2.89. The fourth-order valence-corrected chi connectivity index (χ4v) is 1.30. The highest BCUT2D eigenvalue weighted by Crippen LogP contribution is 2.12. The van der Waals surface area contributed by atoms with E-state index in [9.17, 15) is 5.11 Å². The van der Waals surface area contributed by atoms with Crippen molar-refractivity contribution < 1.29 is 5.11 Å². The predicted molar refractivity (Wildman–Crippen MR) is 54.1 cm³/mol. The van der Waals surface area contributed by atoms with Crippen molar-refractivity contribution >= 4 is 15.9 Å². The minimum Gasteiger partial charge on any atom is -0.393 e. The van der Waals surface area contributed by atoms with Gasteiger partial charge in [0.1, 0.15) is 0 Å². The molecular formula is C10H13BrO. The summed E-state index contributed by atoms with van der Waals surface area (Å²) in [4.78, 5) is 0. The van der Waals surface area contributed by atoms with Crippen molar-refractivity contribution in [3.63, 3.8) is 0 Å². The number of halogens is 1. The molecule has 1 aromatic rings. The normalized spacial score (nSPS) is 12.9. The van der Waals surface area contributed by atoms with Gasteiger partial charge < -0.3 is 5.11 Å². The molecule has 0 radical (unpaired) electrons. The lowest BCUT2D eigenvalue weighted by molar-refractivity contribution is 0.171. The van der Waals surface area contributed by atoms with E-state index in [0.29, 0.717) is 0 Å². The highest BCUT2D eigenvalue weighted by Gasteiger charge is 2.01. The van der Waals surface area contributed by atoms with Crippen LogP contribution in [0.25, 0.3) is 0 Å². The zero-order valence-electron chi connectivity index (χ0n) is 7.13. The summed E-state index contributed by atoms with van der Waals surface area (Å²) in [5.74, 6) is 0. The average Bonchev–Trinajstić information content (AvgIpc) is 2.09. The van der Waals surface area contributed by atoms with E-state index in [2.05, 4.69) is 15.9 Å². The van der Waals surface area contributed by atoms with Crippen molar-refractivity contribution in [1.82, 2.24) is 0 Å². The van der Waals surface area contributed by atoms with Gasteiger partial charge in [-0.15, -0.1) is 0 Å². The molecule has 0 fully saturated rings. The van der Waals surface area contributed by atoms with Crippen LogP contribution in [0.4, 0.5) is 0 Å². The molecule has 0 unspecified atom stereocenters. The molecule has 0 saturated heterocycles. The van der Waals surface area contributed by atoms with E-state index in [1.807, 2.05) is 31.2 Å². The second kappa shape index (κ2) is 4.63. The molecule has 0 aromatic heterocycles. The molecule has 0 heterocycles. The lowest BCUT2D eigenvalue weighted by Crippen LogP contribution is -2.07. The zero-order chi connectivity index (χ0) is 8.97. The van der Waals surface area contributed by atoms with Crippen molar-refractivity contribution in [1.29, 1.82) is 0 Å². The molecule has 1 N–H and O–H groups in total. The summed E-state index contributed by atoms with van der Waals surface area (Å²) >= 11 is 3.37. The summed E-state index contributed by atoms with van der Waals surface area (Å²) in [6.07, 6.45) is 1.37. The van der Waals surface area contributed by atoms with Gasteiger partial charge in [-0.2, -0.15) is 0 Å². The lowest BCUT2D eigenvalue weighted by atomic mass is 10.1. The Bertz CT molecular complexity index is 230. The molecule has 0 aliphatic carbocycles. The summed E-state index contributed by atoms with van der Waals surface area (Å²) in [6.45, 7) is 1.99. The third kappa shape index (κ3) is 2.95. The first-order valence-electron chi connectivity index (χ1n) is 4.15. The van der Waals surface area contributed by atoms with E-state index < -0.39 is 0 Å². The maximum absolute atomic E-state index is 9.37. The summed E-state index contributed by atoms with van der Waals surface area (Å²) in [5.41, 5.74) is 1.19. The molecule has 1 aromatic carbocycles. The van der Waals surface area contributed by atoms with Crippen molar-refractivity contribution in [2.24, 2.45) is 0 Å². The summed E-state index contributed by atoms with van der Waals surface area (Å²) < 4.78 is 1.08. The van der Waals surface area contributed by atoms with E-state index in [1.54, 1.807) is 0 Å². The fraction of sp³-hybridized carbons (Fsp3) is 0.400. The average molecular weight is 229 g/mol. The first kappa shape index (κ1) is 9.75. The molecule has 1 nitrogen and oxygen atoms in total. The third-order valence-corrected chi connectivity index (χ3v) is 2.38. The van der Waals surface area contributed by atoms with Crippen LogP contribution in [-0.4, -0.2) is 11.2 Å². The van der Waals surface area contributed by atoms with E-state index in [1.165, 1.54) is 5.56 Å². The van der Waals surface area contributed by atoms with Gasteiger partial charge in [0.05, 0.1) is 6.10 Å². The summed E-state index contributed by atoms with van der Waals surface area (Å²) in [7, 11) is 0. The largest absolute Gasteiger partial charge is 0.393 e. The number of hydrogen-bond donors (Lipinski definition) is 1. The Morgan fingerprint density at radius 1 is 1.33 bits per heavy atom. The zero-order valence-corrected chi connectivity index (χ0v) is 8.71. The smallest absolute Gasteiger partial charge is 0.0577 e. The van der Waals surface area contributed by atoms with Crippen LogP contribution >= 0.6 is 15.9 Å². The molecule has 1 rings (SSSR count). The van der Waals surface area contributed by atoms with Gasteiger partial charge in [0.2, 0.25) is 0 Å². The molecule has 12 heavy (non-hydrogen) atoms. The van der Waals surface area contributed by atoms with Gasteiger partial charge in [-0.1, -0.05) is 35.0 Å². The molecule has 0 spiro atoms. The van der Waals surface area contributed by atoms with Crippen molar-refractivity contribution in [3.05, 3.63) is 34.3 Å². The Morgan fingerprint density at radius 2 is 1.92 bits per heavy atom. The van der Waals surface area contributed by atoms with Crippen LogP contribution in [0.3, 0.4) is 0 Å². The maximum atomic E-state index is 9.37. The number of aliphatic hydroxyl groups excluding tert-OH is 1. The van der Waals surface area contributed by atoms with Crippen molar-refractivity contribution in [2.45, 2.75) is 25.9 Å². The minimum atomic E-state index is -0.203. The minimum absolute atomic E-state index is 0.203. The van der Waals surface area contributed by atoms with E-state index in [-0.39, 0.29) is 6.10 Å². The Balaban J connectivity index is 2.58. The highest BCUT2D eigenvalue weighted by molar-refractivity contribution is 9.10. The summed E-state index contributed by atoms with van der Waals surface area (Å²) in [6, 6.07) is 8.06. The Kier molecular flexibility index (Phi) is 3.76. The molecule has 2 heteroatoms. The highest BCUT2D eigenvalue weighted by atomic mass is 79.9. The Morgan fingerprint density at radius 3 is 2.42 bits per heavy atom. The number of rotatable bonds is 3. The molecule has 1 atom stereocenters. The Hall–Kier alpha value is -0.340. The van der Waals surface area contributed by atoms with E-state index in [0.717, 1.165) is 17.3 Å². The van der Waals surface area contributed by atoms with E-state index in [4.69, 9.17) is 0 Å². The van der Waals surface area contributed by atoms with Crippen molar-refractivity contribution in [2.75, 3.05) is 0 Å². The van der Waals surface area contributed by atoms with E-state index >= 15 is 0 Å². The van der Waals surface area contributed by atoms with Gasteiger partial charge in [0.15, 0.2) is 0 Å². The Labute approximate surface area is 81.6 Å². The topological polar surface area (TPSA) is 20.2 Å². The molecule has 0 aliphatic rings. The van der Waals surface area contributed by atoms with Crippen molar-refractivity contribution in [3.8, 4) is 0 Å². The van der Waals surface area contributed by atoms with Gasteiger partial charge in [0.25, 0.3) is 0 Å². The van der Waals surface area contributed by atoms with Gasteiger partial charge in [-0.3, -0.25) is 0 Å². The molecule has 0 bridgehead atoms. The van der Waals surface area contributed by atoms with Crippen LogP contribution in [0.1, 0.15) is 18.9 Å². The standard InChI is InChI=1S/C10H13BrO/c1-2-10(12)7-8-3-5-9(11)6-4-8/h3-6,10,12H,2,7H2,1H3/t10-/m0/s1. The maximum Gasteiger partial charge on any atom is 0.0577 e. The fourth-order valence-electron chi connectivity index (χ4n) is 1.04. The predicted octanol–water partition coefficient (Wildman–Crippen LogP) is 2.76. The molecule has 0 aliphatic heterocycles. The molecule has 0 saturated carbocycles. The first-order valence-corrected chi connectivity index (χ1v) is 4.94. The third-order valence-electron chi connectivity index (χ3n) is 1.86. The van der Waals surface area contributed by atoms with Gasteiger partial charge in [0, 0.05) is 4.47 Å². The van der Waals surface area contributed by atoms with Crippen LogP contribution < -0.4 is 0 Å². The monoisotopic (exact) mass is 228 g/mol. The second-order valence-corrected chi connectivity index (χ2v) is 3.81. The quantitative estimate of drug-likeness (QED) is 0.844. The van der Waals surface area contributed by atoms with Crippen LogP contribution in [0, 0.1) is 0 Å². The van der Waals surface area contributed by atoms with Gasteiger partial charge in [-0.25, -0.2) is 0 Å². The van der Waals surface area contributed by atoms with Gasteiger partial charge in [-0.05, 0) is 30.5 Å². The summed E-state index contributed by atoms with van der Waals surface area (Å²) in [5, 5.41) is 9.37. The van der Waals surface area contributed by atoms with Crippen LogP contribution in [0.15, 0.2) is 28.7 Å². The SMILES string of the molecule is CC[C@H](O)Cc1ccc(Br)cc1. The number of aliphatic hydroxyl groups is 1. The number of benzene rings is 1. The van der Waals surface area contributed by atoms with Crippen LogP contribution in [-0.2, 0) is 6.42 Å². The first-order chi connectivity index (χ1) is 5.72. The lowest BCUT2D eigenvalue weighted by Gasteiger charge is -2.06. The molecule has 66 valence electrons. The van der Waals surface area contributed by atoms with Crippen LogP contribution in [0.5, 0.6) is 0 Å². The van der Waals surface area contributed by atoms with Crippen LogP contribution in [0.2, 0.25) is 0 Å². The molecular weight excluding hydrogens is 216 g/mol. The number of hydrogen-bond acceptors (Lipinski definition) is 1. The molecule has 0 amide bonds.